The van der Waals surface area contributed by atoms with Crippen LogP contribution in [0.1, 0.15) is 19.4 Å². The first kappa shape index (κ1) is 19.9. The maximum atomic E-state index is 12.3. The third-order valence-electron chi connectivity index (χ3n) is 3.68. The van der Waals surface area contributed by atoms with Gasteiger partial charge in [-0.15, -0.1) is 0 Å². The molecule has 6 heteroatoms. The van der Waals surface area contributed by atoms with Crippen LogP contribution in [-0.4, -0.2) is 19.1 Å². The number of anilines is 2. The molecule has 0 radical (unpaired) electrons. The van der Waals surface area contributed by atoms with Gasteiger partial charge >= 0.3 is 0 Å². The van der Waals surface area contributed by atoms with Gasteiger partial charge in [-0.2, -0.15) is 5.26 Å². The summed E-state index contributed by atoms with van der Waals surface area (Å²) >= 11 is 0. The van der Waals surface area contributed by atoms with E-state index in [4.69, 9.17) is 9.47 Å². The SMILES string of the molecule is CCOc1ccc(N/C=C(/C#N)C(=O)Nc2ccccc2C)cc1OCC. The number of rotatable bonds is 8. The van der Waals surface area contributed by atoms with Crippen molar-refractivity contribution in [3.05, 3.63) is 59.8 Å². The predicted molar refractivity (Wildman–Crippen MR) is 106 cm³/mol. The molecule has 0 spiro atoms. The molecule has 27 heavy (non-hydrogen) atoms. The number of nitrogens with zero attached hydrogens (tertiary/aromatic N) is 1. The maximum Gasteiger partial charge on any atom is 0.267 e. The molecule has 0 saturated carbocycles. The highest BCUT2D eigenvalue weighted by Gasteiger charge is 2.11. The fourth-order valence-electron chi connectivity index (χ4n) is 2.35. The molecule has 0 aliphatic heterocycles. The summed E-state index contributed by atoms with van der Waals surface area (Å²) in [7, 11) is 0. The zero-order chi connectivity index (χ0) is 19.6. The number of hydrogen-bond acceptors (Lipinski definition) is 5. The number of benzene rings is 2. The number of hydrogen-bond donors (Lipinski definition) is 2. The second kappa shape index (κ2) is 9.88. The van der Waals surface area contributed by atoms with Crippen LogP contribution >= 0.6 is 0 Å². The second-order valence-electron chi connectivity index (χ2n) is 5.61. The van der Waals surface area contributed by atoms with Crippen LogP contribution in [0.2, 0.25) is 0 Å². The Morgan fingerprint density at radius 2 is 1.81 bits per heavy atom. The van der Waals surface area contributed by atoms with Gasteiger partial charge in [0.1, 0.15) is 11.6 Å². The number of aryl methyl sites for hydroxylation is 1. The van der Waals surface area contributed by atoms with E-state index in [0.717, 1.165) is 5.56 Å². The van der Waals surface area contributed by atoms with Crippen molar-refractivity contribution < 1.29 is 14.3 Å². The lowest BCUT2D eigenvalue weighted by Crippen LogP contribution is -2.15. The summed E-state index contributed by atoms with van der Waals surface area (Å²) < 4.78 is 11.1. The Bertz CT molecular complexity index is 869. The molecule has 0 bridgehead atoms. The Balaban J connectivity index is 2.14. The first-order chi connectivity index (χ1) is 13.1. The normalized spacial score (nSPS) is 10.7. The standard InChI is InChI=1S/C21H23N3O3/c1-4-26-19-11-10-17(12-20(19)27-5-2)23-14-16(13-22)21(25)24-18-9-7-6-8-15(18)3/h6-12,14,23H,4-5H2,1-3H3,(H,24,25)/b16-14-. The summed E-state index contributed by atoms with van der Waals surface area (Å²) in [6, 6.07) is 14.6. The Labute approximate surface area is 159 Å². The summed E-state index contributed by atoms with van der Waals surface area (Å²) in [6.07, 6.45) is 1.37. The van der Waals surface area contributed by atoms with Crippen LogP contribution in [0.3, 0.4) is 0 Å². The van der Waals surface area contributed by atoms with Crippen LogP contribution < -0.4 is 20.1 Å². The average Bonchev–Trinajstić information content (AvgIpc) is 2.66. The van der Waals surface area contributed by atoms with Crippen LogP contribution in [0.25, 0.3) is 0 Å². The molecule has 0 unspecified atom stereocenters. The van der Waals surface area contributed by atoms with Gasteiger partial charge in [0.05, 0.1) is 13.2 Å². The third kappa shape index (κ3) is 5.51. The van der Waals surface area contributed by atoms with Gasteiger partial charge in [0.15, 0.2) is 11.5 Å². The Hall–Kier alpha value is -3.46. The smallest absolute Gasteiger partial charge is 0.267 e. The van der Waals surface area contributed by atoms with E-state index >= 15 is 0 Å². The van der Waals surface area contributed by atoms with Crippen molar-refractivity contribution in [3.63, 3.8) is 0 Å². The topological polar surface area (TPSA) is 83.4 Å². The van der Waals surface area contributed by atoms with E-state index < -0.39 is 5.91 Å². The molecule has 0 saturated heterocycles. The van der Waals surface area contributed by atoms with Crippen LogP contribution in [0.4, 0.5) is 11.4 Å². The van der Waals surface area contributed by atoms with Gasteiger partial charge in [-0.25, -0.2) is 0 Å². The molecule has 140 valence electrons. The van der Waals surface area contributed by atoms with Gasteiger partial charge in [0.25, 0.3) is 5.91 Å². The highest BCUT2D eigenvalue weighted by Crippen LogP contribution is 2.30. The Morgan fingerprint density at radius 1 is 1.11 bits per heavy atom. The van der Waals surface area contributed by atoms with E-state index in [1.54, 1.807) is 24.3 Å². The summed E-state index contributed by atoms with van der Waals surface area (Å²) in [4.78, 5) is 12.3. The second-order valence-corrected chi connectivity index (χ2v) is 5.61. The third-order valence-corrected chi connectivity index (χ3v) is 3.68. The molecule has 0 aliphatic rings. The van der Waals surface area contributed by atoms with E-state index in [1.807, 2.05) is 45.0 Å². The molecule has 2 aromatic carbocycles. The lowest BCUT2D eigenvalue weighted by atomic mass is 10.2. The van der Waals surface area contributed by atoms with E-state index in [0.29, 0.717) is 36.1 Å². The lowest BCUT2D eigenvalue weighted by Gasteiger charge is -2.12. The van der Waals surface area contributed by atoms with Crippen molar-refractivity contribution in [2.24, 2.45) is 0 Å². The number of carbonyl (C=O) groups excluding carboxylic acids is 1. The number of nitriles is 1. The molecule has 2 rings (SSSR count). The first-order valence-electron chi connectivity index (χ1n) is 8.72. The molecule has 6 nitrogen and oxygen atoms in total. The molecule has 0 aromatic heterocycles. The Morgan fingerprint density at radius 3 is 2.48 bits per heavy atom. The van der Waals surface area contributed by atoms with Crippen molar-refractivity contribution in [2.45, 2.75) is 20.8 Å². The van der Waals surface area contributed by atoms with Gasteiger partial charge in [0, 0.05) is 23.6 Å². The minimum atomic E-state index is -0.477. The van der Waals surface area contributed by atoms with E-state index in [1.165, 1.54) is 6.20 Å². The highest BCUT2D eigenvalue weighted by molar-refractivity contribution is 6.07. The van der Waals surface area contributed by atoms with Crippen molar-refractivity contribution in [1.29, 1.82) is 5.26 Å². The quantitative estimate of drug-likeness (QED) is 0.540. The van der Waals surface area contributed by atoms with Gasteiger partial charge in [0.2, 0.25) is 0 Å². The minimum Gasteiger partial charge on any atom is -0.490 e. The van der Waals surface area contributed by atoms with E-state index in [-0.39, 0.29) is 5.57 Å². The van der Waals surface area contributed by atoms with Crippen LogP contribution in [-0.2, 0) is 4.79 Å². The fraction of sp³-hybridized carbons (Fsp3) is 0.238. The van der Waals surface area contributed by atoms with Crippen LogP contribution in [0.5, 0.6) is 11.5 Å². The van der Waals surface area contributed by atoms with Gasteiger partial charge < -0.3 is 20.1 Å². The number of carbonyl (C=O) groups is 1. The molecule has 0 heterocycles. The van der Waals surface area contributed by atoms with Crippen molar-refractivity contribution >= 4 is 17.3 Å². The largest absolute Gasteiger partial charge is 0.490 e. The predicted octanol–water partition coefficient (Wildman–Crippen LogP) is 4.25. The first-order valence-corrected chi connectivity index (χ1v) is 8.72. The zero-order valence-electron chi connectivity index (χ0n) is 15.7. The molecule has 0 atom stereocenters. The molecule has 2 aromatic rings. The fourth-order valence-corrected chi connectivity index (χ4v) is 2.35. The maximum absolute atomic E-state index is 12.3. The lowest BCUT2D eigenvalue weighted by molar-refractivity contribution is -0.112. The van der Waals surface area contributed by atoms with Crippen molar-refractivity contribution in [3.8, 4) is 17.6 Å². The summed E-state index contributed by atoms with van der Waals surface area (Å²) in [6.45, 7) is 6.71. The number of amides is 1. The summed E-state index contributed by atoms with van der Waals surface area (Å²) in [5.41, 5.74) is 2.23. The minimum absolute atomic E-state index is 0.0369. The van der Waals surface area contributed by atoms with Crippen molar-refractivity contribution in [2.75, 3.05) is 23.8 Å². The zero-order valence-corrected chi connectivity index (χ0v) is 15.7. The number of ether oxygens (including phenoxy) is 2. The van der Waals surface area contributed by atoms with Gasteiger partial charge in [-0.05, 0) is 44.5 Å². The molecule has 1 amide bonds. The van der Waals surface area contributed by atoms with E-state index in [9.17, 15) is 10.1 Å². The van der Waals surface area contributed by atoms with Crippen LogP contribution in [0.15, 0.2) is 54.2 Å². The summed E-state index contributed by atoms with van der Waals surface area (Å²) in [5, 5.41) is 15.0. The molecular weight excluding hydrogens is 342 g/mol. The summed E-state index contributed by atoms with van der Waals surface area (Å²) in [5.74, 6) is 0.766. The highest BCUT2D eigenvalue weighted by atomic mass is 16.5. The molecular formula is C21H23N3O3. The number of para-hydroxylation sites is 1. The number of nitrogens with one attached hydrogen (secondary N) is 2. The van der Waals surface area contributed by atoms with Gasteiger partial charge in [-0.3, -0.25) is 4.79 Å². The van der Waals surface area contributed by atoms with Crippen molar-refractivity contribution in [1.82, 2.24) is 0 Å². The molecule has 0 aliphatic carbocycles. The average molecular weight is 365 g/mol. The van der Waals surface area contributed by atoms with Gasteiger partial charge in [-0.1, -0.05) is 18.2 Å². The molecule has 0 fully saturated rings. The molecule has 2 N–H and O–H groups in total. The van der Waals surface area contributed by atoms with Crippen LogP contribution in [0, 0.1) is 18.3 Å². The van der Waals surface area contributed by atoms with E-state index in [2.05, 4.69) is 10.6 Å². The Kier molecular flexibility index (Phi) is 7.26. The monoisotopic (exact) mass is 365 g/mol.